The van der Waals surface area contributed by atoms with Gasteiger partial charge in [0.05, 0.1) is 12.8 Å². The standard InChI is InChI=1S/C26H46O7/c1-19(2)9-6-10-20(3)11-7-12-21(4)13-8-14-22(5)15-16-33-24(29)18-26(32,25(30)31)17-23(27)28/h15,19-21,32H,6-14,16-18H2,1-5H3,(H,27,28)(H,30,31)/b22-15+/t20-,21-,26?/m1/s1. The molecule has 0 radical (unpaired) electrons. The van der Waals surface area contributed by atoms with Crippen LogP contribution in [0.5, 0.6) is 0 Å². The minimum Gasteiger partial charge on any atom is -0.481 e. The lowest BCUT2D eigenvalue weighted by Crippen LogP contribution is -2.43. The molecule has 0 aliphatic carbocycles. The average Bonchev–Trinajstić information content (AvgIpc) is 2.66. The van der Waals surface area contributed by atoms with E-state index in [1.807, 2.05) is 6.92 Å². The van der Waals surface area contributed by atoms with Crippen molar-refractivity contribution in [2.45, 2.75) is 111 Å². The minimum absolute atomic E-state index is 0.0301. The van der Waals surface area contributed by atoms with Crippen molar-refractivity contribution in [2.75, 3.05) is 6.61 Å². The van der Waals surface area contributed by atoms with E-state index in [1.165, 1.54) is 38.5 Å². The van der Waals surface area contributed by atoms with Gasteiger partial charge in [-0.15, -0.1) is 0 Å². The Labute approximate surface area is 199 Å². The molecule has 0 aliphatic rings. The molecule has 0 aromatic heterocycles. The van der Waals surface area contributed by atoms with Crippen LogP contribution in [-0.2, 0) is 19.1 Å². The smallest absolute Gasteiger partial charge is 0.336 e. The van der Waals surface area contributed by atoms with E-state index in [0.717, 1.165) is 36.7 Å². The third-order valence-corrected chi connectivity index (χ3v) is 6.09. The number of ether oxygens (including phenoxy) is 1. The van der Waals surface area contributed by atoms with E-state index in [0.29, 0.717) is 5.92 Å². The van der Waals surface area contributed by atoms with E-state index in [2.05, 4.69) is 27.7 Å². The average molecular weight is 471 g/mol. The zero-order valence-electron chi connectivity index (χ0n) is 21.3. The van der Waals surface area contributed by atoms with E-state index >= 15 is 0 Å². The number of esters is 1. The molecule has 7 nitrogen and oxygen atoms in total. The number of hydrogen-bond donors (Lipinski definition) is 3. The number of aliphatic hydroxyl groups is 1. The summed E-state index contributed by atoms with van der Waals surface area (Å²) in [4.78, 5) is 33.6. The minimum atomic E-state index is -2.66. The molecule has 3 N–H and O–H groups in total. The Morgan fingerprint density at radius 2 is 1.36 bits per heavy atom. The van der Waals surface area contributed by atoms with Crippen LogP contribution in [-0.4, -0.2) is 45.4 Å². The highest BCUT2D eigenvalue weighted by Crippen LogP contribution is 2.22. The van der Waals surface area contributed by atoms with Gasteiger partial charge in [0.15, 0.2) is 5.60 Å². The third-order valence-electron chi connectivity index (χ3n) is 6.09. The number of carboxylic acid groups (broad SMARTS) is 2. The van der Waals surface area contributed by atoms with Crippen LogP contribution in [0, 0.1) is 17.8 Å². The highest BCUT2D eigenvalue weighted by Gasteiger charge is 2.41. The van der Waals surface area contributed by atoms with Crippen molar-refractivity contribution in [3.63, 3.8) is 0 Å². The molecule has 192 valence electrons. The van der Waals surface area contributed by atoms with Crippen LogP contribution < -0.4 is 0 Å². The van der Waals surface area contributed by atoms with Gasteiger partial charge in [0.25, 0.3) is 0 Å². The van der Waals surface area contributed by atoms with Crippen LogP contribution in [0.3, 0.4) is 0 Å². The van der Waals surface area contributed by atoms with E-state index in [1.54, 1.807) is 6.08 Å². The predicted molar refractivity (Wildman–Crippen MR) is 129 cm³/mol. The molecule has 33 heavy (non-hydrogen) atoms. The fraction of sp³-hybridized carbons (Fsp3) is 0.808. The predicted octanol–water partition coefficient (Wildman–Crippen LogP) is 5.60. The molecule has 0 rings (SSSR count). The highest BCUT2D eigenvalue weighted by atomic mass is 16.5. The molecule has 0 aliphatic heterocycles. The molecule has 0 fully saturated rings. The second-order valence-corrected chi connectivity index (χ2v) is 10.2. The van der Waals surface area contributed by atoms with Crippen LogP contribution in [0.15, 0.2) is 11.6 Å². The molecule has 3 atom stereocenters. The Hall–Kier alpha value is -1.89. The summed E-state index contributed by atoms with van der Waals surface area (Å²) in [6.45, 7) is 11.1. The van der Waals surface area contributed by atoms with Gasteiger partial charge in [0.1, 0.15) is 6.61 Å². The van der Waals surface area contributed by atoms with E-state index in [4.69, 9.17) is 14.9 Å². The third kappa shape index (κ3) is 16.4. The van der Waals surface area contributed by atoms with Crippen LogP contribution in [0.4, 0.5) is 0 Å². The number of carbonyl (C=O) groups is 3. The van der Waals surface area contributed by atoms with Crippen molar-refractivity contribution < 1.29 is 34.4 Å². The van der Waals surface area contributed by atoms with Crippen LogP contribution >= 0.6 is 0 Å². The van der Waals surface area contributed by atoms with Gasteiger partial charge in [0, 0.05) is 0 Å². The molecule has 0 saturated carbocycles. The van der Waals surface area contributed by atoms with Crippen LogP contribution in [0.25, 0.3) is 0 Å². The molecular formula is C26H46O7. The van der Waals surface area contributed by atoms with Crippen molar-refractivity contribution in [1.29, 1.82) is 0 Å². The summed E-state index contributed by atoms with van der Waals surface area (Å²) in [7, 11) is 0. The number of allylic oxidation sites excluding steroid dienone is 1. The molecule has 0 spiro atoms. The second kappa shape index (κ2) is 16.7. The van der Waals surface area contributed by atoms with Crippen molar-refractivity contribution in [3.8, 4) is 0 Å². The Balaban J connectivity index is 4.07. The SMILES string of the molecule is C/C(=C\COC(=O)CC(O)(CC(=O)O)C(=O)O)CCC[C@H](C)CCC[C@H](C)CCCC(C)C. The van der Waals surface area contributed by atoms with Gasteiger partial charge in [-0.25, -0.2) is 4.79 Å². The lowest BCUT2D eigenvalue weighted by atomic mass is 9.91. The first-order valence-electron chi connectivity index (χ1n) is 12.3. The highest BCUT2D eigenvalue weighted by molar-refractivity contribution is 5.88. The summed E-state index contributed by atoms with van der Waals surface area (Å²) in [5.41, 5.74) is -1.59. The lowest BCUT2D eigenvalue weighted by molar-refractivity contribution is -0.171. The number of rotatable bonds is 19. The maximum absolute atomic E-state index is 11.8. The molecule has 0 aromatic rings. The molecule has 0 saturated heterocycles. The Bertz CT molecular complexity index is 626. The lowest BCUT2D eigenvalue weighted by Gasteiger charge is -2.19. The van der Waals surface area contributed by atoms with Crippen molar-refractivity contribution in [2.24, 2.45) is 17.8 Å². The number of carbonyl (C=O) groups excluding carboxylic acids is 1. The summed E-state index contributed by atoms with van der Waals surface area (Å²) in [6, 6.07) is 0. The molecule has 0 amide bonds. The van der Waals surface area contributed by atoms with Crippen molar-refractivity contribution in [1.82, 2.24) is 0 Å². The molecule has 1 unspecified atom stereocenters. The fourth-order valence-electron chi connectivity index (χ4n) is 3.84. The number of aliphatic carboxylic acids is 2. The normalized spacial score (nSPS) is 15.7. The van der Waals surface area contributed by atoms with Gasteiger partial charge in [-0.2, -0.15) is 0 Å². The van der Waals surface area contributed by atoms with Crippen molar-refractivity contribution >= 4 is 17.9 Å². The first-order chi connectivity index (χ1) is 15.4. The van der Waals surface area contributed by atoms with Crippen LogP contribution in [0.2, 0.25) is 0 Å². The maximum Gasteiger partial charge on any atom is 0.336 e. The number of carboxylic acids is 2. The van der Waals surface area contributed by atoms with Gasteiger partial charge < -0.3 is 20.1 Å². The summed E-state index contributed by atoms with van der Waals surface area (Å²) in [6.07, 6.45) is 10.7. The summed E-state index contributed by atoms with van der Waals surface area (Å²) >= 11 is 0. The first-order valence-corrected chi connectivity index (χ1v) is 12.3. The Kier molecular flexibility index (Phi) is 15.7. The Morgan fingerprint density at radius 3 is 1.85 bits per heavy atom. The summed E-state index contributed by atoms with van der Waals surface area (Å²) in [5, 5.41) is 27.6. The monoisotopic (exact) mass is 470 g/mol. The molecule has 7 heteroatoms. The van der Waals surface area contributed by atoms with Crippen LogP contribution in [0.1, 0.15) is 105 Å². The quantitative estimate of drug-likeness (QED) is 0.166. The van der Waals surface area contributed by atoms with Gasteiger partial charge in [0.2, 0.25) is 0 Å². The molecule has 0 heterocycles. The largest absolute Gasteiger partial charge is 0.481 e. The van der Waals surface area contributed by atoms with E-state index in [9.17, 15) is 19.5 Å². The summed E-state index contributed by atoms with van der Waals surface area (Å²) < 4.78 is 4.95. The maximum atomic E-state index is 11.8. The number of hydrogen-bond acceptors (Lipinski definition) is 5. The van der Waals surface area contributed by atoms with Crippen molar-refractivity contribution in [3.05, 3.63) is 11.6 Å². The van der Waals surface area contributed by atoms with E-state index in [-0.39, 0.29) is 6.61 Å². The van der Waals surface area contributed by atoms with Gasteiger partial charge in [-0.05, 0) is 43.6 Å². The van der Waals surface area contributed by atoms with Gasteiger partial charge in [-0.3, -0.25) is 9.59 Å². The zero-order valence-corrected chi connectivity index (χ0v) is 21.3. The summed E-state index contributed by atoms with van der Waals surface area (Å²) in [5.74, 6) is -1.93. The van der Waals surface area contributed by atoms with Gasteiger partial charge in [-0.1, -0.05) is 78.2 Å². The van der Waals surface area contributed by atoms with E-state index < -0.39 is 36.4 Å². The fourth-order valence-corrected chi connectivity index (χ4v) is 3.84. The molecular weight excluding hydrogens is 424 g/mol. The second-order valence-electron chi connectivity index (χ2n) is 10.2. The first kappa shape index (κ1) is 31.1. The molecule has 0 aromatic carbocycles. The zero-order chi connectivity index (χ0) is 25.4. The topological polar surface area (TPSA) is 121 Å². The Morgan fingerprint density at radius 1 is 0.848 bits per heavy atom. The molecule has 0 bridgehead atoms. The van der Waals surface area contributed by atoms with Gasteiger partial charge >= 0.3 is 17.9 Å².